The van der Waals surface area contributed by atoms with Crippen molar-refractivity contribution in [2.24, 2.45) is 5.92 Å². The third kappa shape index (κ3) is 4.26. The number of aromatic nitrogens is 3. The third-order valence-corrected chi connectivity index (χ3v) is 5.41. The molecule has 0 bridgehead atoms. The molecule has 2 aromatic heterocycles. The Balaban J connectivity index is 1.40. The van der Waals surface area contributed by atoms with E-state index >= 15 is 0 Å². The summed E-state index contributed by atoms with van der Waals surface area (Å²) in [6.07, 6.45) is 1.03. The molecule has 28 heavy (non-hydrogen) atoms. The van der Waals surface area contributed by atoms with Gasteiger partial charge in [0.2, 0.25) is 11.8 Å². The molecule has 2 amide bonds. The van der Waals surface area contributed by atoms with Gasteiger partial charge in [-0.3, -0.25) is 14.3 Å². The first-order chi connectivity index (χ1) is 13.3. The fourth-order valence-corrected chi connectivity index (χ4v) is 3.67. The van der Waals surface area contributed by atoms with E-state index in [-0.39, 0.29) is 23.8 Å². The molecule has 1 fully saturated rings. The van der Waals surface area contributed by atoms with Gasteiger partial charge in [0.15, 0.2) is 0 Å². The van der Waals surface area contributed by atoms with Crippen molar-refractivity contribution in [3.05, 3.63) is 34.5 Å². The molecule has 1 N–H and O–H groups in total. The van der Waals surface area contributed by atoms with Gasteiger partial charge >= 0.3 is 0 Å². The van der Waals surface area contributed by atoms with Crippen molar-refractivity contribution in [2.75, 3.05) is 19.6 Å². The highest BCUT2D eigenvalue weighted by atomic mass is 16.5. The van der Waals surface area contributed by atoms with Crippen LogP contribution in [0.5, 0.6) is 0 Å². The molecule has 3 rings (SSSR count). The lowest BCUT2D eigenvalue weighted by Crippen LogP contribution is -2.56. The summed E-state index contributed by atoms with van der Waals surface area (Å²) in [6, 6.07) is 2.11. The van der Waals surface area contributed by atoms with Gasteiger partial charge in [-0.1, -0.05) is 5.16 Å². The van der Waals surface area contributed by atoms with Crippen molar-refractivity contribution in [1.82, 2.24) is 25.2 Å². The number of nitrogens with one attached hydrogen (secondary N) is 1. The largest absolute Gasteiger partial charge is 0.361 e. The maximum absolute atomic E-state index is 12.4. The van der Waals surface area contributed by atoms with Gasteiger partial charge in [0.05, 0.1) is 23.3 Å². The zero-order valence-corrected chi connectivity index (χ0v) is 17.3. The zero-order chi connectivity index (χ0) is 20.4. The topological polar surface area (TPSA) is 93.3 Å². The average Bonchev–Trinajstić information content (AvgIpc) is 3.10. The van der Waals surface area contributed by atoms with E-state index in [0.29, 0.717) is 32.5 Å². The molecule has 0 radical (unpaired) electrons. The molecule has 1 aliphatic heterocycles. The Morgan fingerprint density at radius 3 is 2.57 bits per heavy atom. The van der Waals surface area contributed by atoms with E-state index in [2.05, 4.69) is 15.6 Å². The number of likely N-dealkylation sites (tertiary alicyclic amines) is 1. The van der Waals surface area contributed by atoms with Crippen LogP contribution in [-0.2, 0) is 16.0 Å². The second kappa shape index (κ2) is 8.16. The second-order valence-electron chi connectivity index (χ2n) is 7.76. The van der Waals surface area contributed by atoms with Crippen molar-refractivity contribution in [3.8, 4) is 0 Å². The van der Waals surface area contributed by atoms with E-state index in [0.717, 1.165) is 28.4 Å². The second-order valence-corrected chi connectivity index (χ2v) is 7.76. The smallest absolute Gasteiger partial charge is 0.226 e. The molecular formula is C20H29N5O3. The summed E-state index contributed by atoms with van der Waals surface area (Å²) in [4.78, 5) is 26.4. The Kier molecular flexibility index (Phi) is 5.86. The maximum atomic E-state index is 12.4. The molecule has 1 unspecified atom stereocenters. The Morgan fingerprint density at radius 1 is 1.29 bits per heavy atom. The maximum Gasteiger partial charge on any atom is 0.226 e. The molecule has 8 heteroatoms. The van der Waals surface area contributed by atoms with E-state index in [9.17, 15) is 9.59 Å². The van der Waals surface area contributed by atoms with Crippen LogP contribution in [0.1, 0.15) is 47.8 Å². The summed E-state index contributed by atoms with van der Waals surface area (Å²) in [5.74, 6) is 0.710. The van der Waals surface area contributed by atoms with E-state index in [4.69, 9.17) is 4.52 Å². The Morgan fingerprint density at radius 2 is 2.00 bits per heavy atom. The van der Waals surface area contributed by atoms with Crippen molar-refractivity contribution in [3.63, 3.8) is 0 Å². The standard InChI is InChI=1S/C20H29N5O3/c1-12-8-13(2)25(22-12)14(3)9-21-20(27)17-10-24(11-17)19(26)7-6-18-15(4)23-28-16(18)5/h8,14,17H,6-7,9-11H2,1-5H3,(H,21,27). The summed E-state index contributed by atoms with van der Waals surface area (Å²) in [7, 11) is 0. The number of hydrogen-bond acceptors (Lipinski definition) is 5. The lowest BCUT2D eigenvalue weighted by atomic mass is 9.97. The van der Waals surface area contributed by atoms with E-state index in [1.54, 1.807) is 4.90 Å². The molecule has 3 heterocycles. The fourth-order valence-electron chi connectivity index (χ4n) is 3.67. The predicted octanol–water partition coefficient (Wildman–Crippen LogP) is 1.87. The molecule has 0 spiro atoms. The van der Waals surface area contributed by atoms with E-state index in [1.165, 1.54) is 0 Å². The predicted molar refractivity (Wildman–Crippen MR) is 104 cm³/mol. The third-order valence-electron chi connectivity index (χ3n) is 5.41. The minimum absolute atomic E-state index is 0.00292. The molecule has 0 aliphatic carbocycles. The summed E-state index contributed by atoms with van der Waals surface area (Å²) in [5, 5.41) is 11.4. The molecule has 1 atom stereocenters. The molecule has 0 aromatic carbocycles. The minimum Gasteiger partial charge on any atom is -0.361 e. The molecule has 1 aliphatic rings. The van der Waals surface area contributed by atoms with Crippen LogP contribution in [-0.4, -0.2) is 51.3 Å². The Bertz CT molecular complexity index is 844. The summed E-state index contributed by atoms with van der Waals surface area (Å²) >= 11 is 0. The van der Waals surface area contributed by atoms with Gasteiger partial charge in [0.1, 0.15) is 5.76 Å². The normalized spacial score (nSPS) is 15.4. The van der Waals surface area contributed by atoms with Crippen LogP contribution in [0, 0.1) is 33.6 Å². The van der Waals surface area contributed by atoms with Crippen molar-refractivity contribution in [2.45, 2.75) is 53.5 Å². The van der Waals surface area contributed by atoms with Gasteiger partial charge in [-0.05, 0) is 47.1 Å². The van der Waals surface area contributed by atoms with Gasteiger partial charge in [-0.25, -0.2) is 0 Å². The van der Waals surface area contributed by atoms with E-state index in [1.807, 2.05) is 45.4 Å². The number of carbonyl (C=O) groups is 2. The van der Waals surface area contributed by atoms with Crippen LogP contribution in [0.2, 0.25) is 0 Å². The Labute approximate surface area is 165 Å². The van der Waals surface area contributed by atoms with Crippen molar-refractivity contribution in [1.29, 1.82) is 0 Å². The molecule has 8 nitrogen and oxygen atoms in total. The first-order valence-electron chi connectivity index (χ1n) is 9.76. The van der Waals surface area contributed by atoms with Gasteiger partial charge in [-0.2, -0.15) is 5.10 Å². The van der Waals surface area contributed by atoms with Crippen molar-refractivity contribution < 1.29 is 14.1 Å². The van der Waals surface area contributed by atoms with Gasteiger partial charge in [0, 0.05) is 37.3 Å². The lowest BCUT2D eigenvalue weighted by Gasteiger charge is -2.38. The first-order valence-corrected chi connectivity index (χ1v) is 9.76. The molecule has 2 aromatic rings. The number of nitrogens with zero attached hydrogens (tertiary/aromatic N) is 4. The SMILES string of the molecule is Cc1cc(C)n(C(C)CNC(=O)C2CN(C(=O)CCc3c(C)noc3C)C2)n1. The molecule has 1 saturated heterocycles. The average molecular weight is 387 g/mol. The summed E-state index contributed by atoms with van der Waals surface area (Å²) in [5.41, 5.74) is 3.89. The highest BCUT2D eigenvalue weighted by Gasteiger charge is 2.35. The van der Waals surface area contributed by atoms with Crippen LogP contribution in [0.25, 0.3) is 0 Å². The minimum atomic E-state index is -0.129. The summed E-state index contributed by atoms with van der Waals surface area (Å²) < 4.78 is 7.06. The van der Waals surface area contributed by atoms with Crippen molar-refractivity contribution >= 4 is 11.8 Å². The quantitative estimate of drug-likeness (QED) is 0.783. The Hall–Kier alpha value is -2.64. The highest BCUT2D eigenvalue weighted by Crippen LogP contribution is 2.20. The zero-order valence-electron chi connectivity index (χ0n) is 17.3. The highest BCUT2D eigenvalue weighted by molar-refractivity contribution is 5.84. The van der Waals surface area contributed by atoms with E-state index < -0.39 is 0 Å². The van der Waals surface area contributed by atoms with Crippen LogP contribution in [0.15, 0.2) is 10.6 Å². The number of aryl methyl sites for hydroxylation is 4. The molecule has 152 valence electrons. The number of hydrogen-bond donors (Lipinski definition) is 1. The molecular weight excluding hydrogens is 358 g/mol. The van der Waals surface area contributed by atoms with Crippen LogP contribution < -0.4 is 5.32 Å². The van der Waals surface area contributed by atoms with Gasteiger partial charge in [-0.15, -0.1) is 0 Å². The number of amides is 2. The fraction of sp³-hybridized carbons (Fsp3) is 0.600. The number of rotatable bonds is 7. The van der Waals surface area contributed by atoms with Crippen LogP contribution in [0.4, 0.5) is 0 Å². The number of carbonyl (C=O) groups excluding carboxylic acids is 2. The molecule has 0 saturated carbocycles. The first kappa shape index (κ1) is 20.1. The lowest BCUT2D eigenvalue weighted by molar-refractivity contribution is -0.143. The van der Waals surface area contributed by atoms with Gasteiger partial charge < -0.3 is 14.7 Å². The summed E-state index contributed by atoms with van der Waals surface area (Å²) in [6.45, 7) is 11.2. The van der Waals surface area contributed by atoms with Crippen LogP contribution in [0.3, 0.4) is 0 Å². The monoisotopic (exact) mass is 387 g/mol. The van der Waals surface area contributed by atoms with Crippen LogP contribution >= 0.6 is 0 Å². The van der Waals surface area contributed by atoms with Gasteiger partial charge in [0.25, 0.3) is 0 Å².